The highest BCUT2D eigenvalue weighted by Gasteiger charge is 2.13. The van der Waals surface area contributed by atoms with Gasteiger partial charge in [-0.3, -0.25) is 9.59 Å². The van der Waals surface area contributed by atoms with Crippen molar-refractivity contribution in [2.75, 3.05) is 5.32 Å². The summed E-state index contributed by atoms with van der Waals surface area (Å²) in [7, 11) is 0. The van der Waals surface area contributed by atoms with E-state index in [2.05, 4.69) is 15.8 Å². The third-order valence-electron chi connectivity index (χ3n) is 3.71. The predicted molar refractivity (Wildman–Crippen MR) is 106 cm³/mol. The van der Waals surface area contributed by atoms with Crippen molar-refractivity contribution >= 4 is 29.7 Å². The van der Waals surface area contributed by atoms with Crippen LogP contribution in [0, 0.1) is 6.92 Å². The van der Waals surface area contributed by atoms with E-state index in [0.717, 1.165) is 5.56 Å². The summed E-state index contributed by atoms with van der Waals surface area (Å²) in [4.78, 5) is 35.4. The standard InChI is InChI=1S/C21H17N3O5/c1-14-4-8-16(9-5-14)23-19(25)20(26)24-22-13-15-6-10-17(11-7-15)29-21(27)18-3-2-12-28-18/h2-13H,1H3,(H,23,25)(H,24,26)/b22-13+. The number of aryl methyl sites for hydroxylation is 1. The normalized spacial score (nSPS) is 10.5. The molecule has 0 fully saturated rings. The van der Waals surface area contributed by atoms with Crippen LogP contribution in [0.4, 0.5) is 5.69 Å². The number of ether oxygens (including phenoxy) is 1. The average Bonchev–Trinajstić information content (AvgIpc) is 3.26. The van der Waals surface area contributed by atoms with Crippen molar-refractivity contribution in [3.63, 3.8) is 0 Å². The molecule has 0 atom stereocenters. The number of furan rings is 1. The highest BCUT2D eigenvalue weighted by atomic mass is 16.5. The van der Waals surface area contributed by atoms with Gasteiger partial charge in [0.25, 0.3) is 0 Å². The lowest BCUT2D eigenvalue weighted by molar-refractivity contribution is -0.136. The van der Waals surface area contributed by atoms with E-state index < -0.39 is 17.8 Å². The molecule has 2 amide bonds. The lowest BCUT2D eigenvalue weighted by Crippen LogP contribution is -2.32. The summed E-state index contributed by atoms with van der Waals surface area (Å²) in [6.07, 6.45) is 2.74. The number of esters is 1. The molecule has 0 saturated carbocycles. The molecule has 8 nitrogen and oxygen atoms in total. The largest absolute Gasteiger partial charge is 0.457 e. The highest BCUT2D eigenvalue weighted by Crippen LogP contribution is 2.14. The van der Waals surface area contributed by atoms with Crippen molar-refractivity contribution in [1.29, 1.82) is 0 Å². The molecule has 0 spiro atoms. The number of nitrogens with zero attached hydrogens (tertiary/aromatic N) is 1. The molecule has 0 radical (unpaired) electrons. The van der Waals surface area contributed by atoms with E-state index in [1.54, 1.807) is 42.5 Å². The number of anilines is 1. The van der Waals surface area contributed by atoms with Crippen LogP contribution < -0.4 is 15.5 Å². The fraction of sp³-hybridized carbons (Fsp3) is 0.0476. The number of hydrogen-bond acceptors (Lipinski definition) is 6. The molecule has 0 aliphatic carbocycles. The predicted octanol–water partition coefficient (Wildman–Crippen LogP) is 2.90. The van der Waals surface area contributed by atoms with Gasteiger partial charge in [-0.15, -0.1) is 0 Å². The Hall–Kier alpha value is -4.20. The maximum atomic E-state index is 11.8. The second-order valence-electron chi connectivity index (χ2n) is 5.96. The molecular weight excluding hydrogens is 374 g/mol. The Balaban J connectivity index is 1.49. The van der Waals surface area contributed by atoms with Crippen LogP contribution in [-0.2, 0) is 9.59 Å². The van der Waals surface area contributed by atoms with Crippen molar-refractivity contribution in [2.24, 2.45) is 5.10 Å². The Kier molecular flexibility index (Phi) is 6.16. The maximum Gasteiger partial charge on any atom is 0.379 e. The summed E-state index contributed by atoms with van der Waals surface area (Å²) < 4.78 is 10.1. The van der Waals surface area contributed by atoms with Crippen molar-refractivity contribution in [1.82, 2.24) is 5.43 Å². The topological polar surface area (TPSA) is 110 Å². The van der Waals surface area contributed by atoms with Gasteiger partial charge in [-0.1, -0.05) is 17.7 Å². The van der Waals surface area contributed by atoms with E-state index in [9.17, 15) is 14.4 Å². The minimum Gasteiger partial charge on any atom is -0.457 e. The van der Waals surface area contributed by atoms with Crippen molar-refractivity contribution in [3.05, 3.63) is 83.8 Å². The summed E-state index contributed by atoms with van der Waals surface area (Å²) in [6, 6.07) is 16.5. The van der Waals surface area contributed by atoms with Gasteiger partial charge in [-0.2, -0.15) is 5.10 Å². The number of amides is 2. The van der Waals surface area contributed by atoms with E-state index >= 15 is 0 Å². The van der Waals surface area contributed by atoms with Gasteiger partial charge in [0.2, 0.25) is 5.76 Å². The first-order valence-corrected chi connectivity index (χ1v) is 8.58. The molecule has 0 bridgehead atoms. The van der Waals surface area contributed by atoms with Crippen molar-refractivity contribution < 1.29 is 23.5 Å². The molecule has 3 rings (SSSR count). The quantitative estimate of drug-likeness (QED) is 0.228. The Bertz CT molecular complexity index is 1020. The van der Waals surface area contributed by atoms with Crippen LogP contribution in [0.5, 0.6) is 5.75 Å². The fourth-order valence-corrected chi connectivity index (χ4v) is 2.21. The zero-order valence-corrected chi connectivity index (χ0v) is 15.4. The number of carbonyl (C=O) groups is 3. The molecule has 0 aliphatic heterocycles. The first kappa shape index (κ1) is 19.6. The van der Waals surface area contributed by atoms with Crippen molar-refractivity contribution in [2.45, 2.75) is 6.92 Å². The summed E-state index contributed by atoms with van der Waals surface area (Å²) in [5.74, 6) is -1.91. The number of nitrogens with one attached hydrogen (secondary N) is 2. The van der Waals surface area contributed by atoms with E-state index in [1.165, 1.54) is 18.5 Å². The highest BCUT2D eigenvalue weighted by molar-refractivity contribution is 6.39. The van der Waals surface area contributed by atoms with Crippen LogP contribution in [0.3, 0.4) is 0 Å². The van der Waals surface area contributed by atoms with E-state index in [1.807, 2.05) is 19.1 Å². The van der Waals surface area contributed by atoms with E-state index in [0.29, 0.717) is 17.0 Å². The van der Waals surface area contributed by atoms with E-state index in [-0.39, 0.29) is 5.76 Å². The number of rotatable bonds is 5. The van der Waals surface area contributed by atoms with Crippen LogP contribution in [0.1, 0.15) is 21.7 Å². The Morgan fingerprint density at radius 3 is 2.34 bits per heavy atom. The van der Waals surface area contributed by atoms with Crippen LogP contribution in [0.25, 0.3) is 0 Å². The average molecular weight is 391 g/mol. The molecule has 146 valence electrons. The lowest BCUT2D eigenvalue weighted by atomic mass is 10.2. The summed E-state index contributed by atoms with van der Waals surface area (Å²) >= 11 is 0. The first-order valence-electron chi connectivity index (χ1n) is 8.58. The molecule has 1 heterocycles. The van der Waals surface area contributed by atoms with Gasteiger partial charge in [-0.25, -0.2) is 10.2 Å². The zero-order valence-electron chi connectivity index (χ0n) is 15.4. The SMILES string of the molecule is Cc1ccc(NC(=O)C(=O)N/N=C/c2ccc(OC(=O)c3ccco3)cc2)cc1. The molecule has 0 saturated heterocycles. The van der Waals surface area contributed by atoms with Gasteiger partial charge in [-0.05, 0) is 61.0 Å². The second kappa shape index (κ2) is 9.14. The molecule has 2 aromatic carbocycles. The second-order valence-corrected chi connectivity index (χ2v) is 5.96. The maximum absolute atomic E-state index is 11.8. The van der Waals surface area contributed by atoms with Gasteiger partial charge in [0, 0.05) is 5.69 Å². The van der Waals surface area contributed by atoms with Crippen LogP contribution in [-0.4, -0.2) is 24.0 Å². The number of carbonyl (C=O) groups excluding carboxylic acids is 3. The Morgan fingerprint density at radius 2 is 1.69 bits per heavy atom. The first-order chi connectivity index (χ1) is 14.0. The Morgan fingerprint density at radius 1 is 0.966 bits per heavy atom. The minimum atomic E-state index is -0.897. The van der Waals surface area contributed by atoms with Gasteiger partial charge in [0.05, 0.1) is 12.5 Å². The molecule has 2 N–H and O–H groups in total. The molecular formula is C21H17N3O5. The third kappa shape index (κ3) is 5.64. The Labute approximate surface area is 166 Å². The molecule has 29 heavy (non-hydrogen) atoms. The number of hydrogen-bond donors (Lipinski definition) is 2. The number of hydrazone groups is 1. The lowest BCUT2D eigenvalue weighted by Gasteiger charge is -2.04. The summed E-state index contributed by atoms with van der Waals surface area (Å²) in [6.45, 7) is 1.92. The number of benzene rings is 2. The monoisotopic (exact) mass is 391 g/mol. The molecule has 0 unspecified atom stereocenters. The molecule has 1 aromatic heterocycles. The van der Waals surface area contributed by atoms with Crippen LogP contribution >= 0.6 is 0 Å². The van der Waals surface area contributed by atoms with Gasteiger partial charge in [0.15, 0.2) is 0 Å². The van der Waals surface area contributed by atoms with Crippen molar-refractivity contribution in [3.8, 4) is 5.75 Å². The summed E-state index contributed by atoms with van der Waals surface area (Å²) in [5.41, 5.74) is 4.33. The van der Waals surface area contributed by atoms with Gasteiger partial charge >= 0.3 is 17.8 Å². The molecule has 3 aromatic rings. The van der Waals surface area contributed by atoms with Gasteiger partial charge in [0.1, 0.15) is 5.75 Å². The zero-order chi connectivity index (χ0) is 20.6. The fourth-order valence-electron chi connectivity index (χ4n) is 2.21. The van der Waals surface area contributed by atoms with E-state index in [4.69, 9.17) is 9.15 Å². The molecule has 0 aliphatic rings. The van der Waals surface area contributed by atoms with Crippen LogP contribution in [0.2, 0.25) is 0 Å². The third-order valence-corrected chi connectivity index (χ3v) is 3.71. The molecule has 8 heteroatoms. The minimum absolute atomic E-state index is 0.0993. The van der Waals surface area contributed by atoms with Gasteiger partial charge < -0.3 is 14.5 Å². The smallest absolute Gasteiger partial charge is 0.379 e. The van der Waals surface area contributed by atoms with Crippen LogP contribution in [0.15, 0.2) is 76.4 Å². The summed E-state index contributed by atoms with van der Waals surface area (Å²) in [5, 5.41) is 6.22.